The molecule has 126 valence electrons. The zero-order valence-corrected chi connectivity index (χ0v) is 13.5. The van der Waals surface area contributed by atoms with Gasteiger partial charge in [0.15, 0.2) is 24.4 Å². The number of esters is 2. The Balaban J connectivity index is 2.84. The summed E-state index contributed by atoms with van der Waals surface area (Å²) in [6.45, 7) is 5.85. The molecule has 0 radical (unpaired) electrons. The fraction of sp³-hybridized carbons (Fsp3) is 0.438. The molecule has 1 aromatic carbocycles. The summed E-state index contributed by atoms with van der Waals surface area (Å²) >= 11 is 0. The second-order valence-electron chi connectivity index (χ2n) is 5.81. The number of phenolic OH excluding ortho intramolecular Hbond substituents is 1. The molecule has 0 aromatic heterocycles. The van der Waals surface area contributed by atoms with Gasteiger partial charge in [-0.1, -0.05) is 0 Å². The average Bonchev–Trinajstić information content (AvgIpc) is 2.41. The van der Waals surface area contributed by atoms with Crippen molar-refractivity contribution in [2.45, 2.75) is 39.9 Å². The summed E-state index contributed by atoms with van der Waals surface area (Å²) in [6, 6.07) is 2.69. The Morgan fingerprint density at radius 3 is 2.43 bits per heavy atom. The molecule has 0 saturated heterocycles. The van der Waals surface area contributed by atoms with Gasteiger partial charge in [-0.05, 0) is 38.5 Å². The number of ether oxygens (including phenoxy) is 3. The van der Waals surface area contributed by atoms with E-state index >= 15 is 0 Å². The molecular formula is C16H20O7. The summed E-state index contributed by atoms with van der Waals surface area (Å²) in [4.78, 5) is 33.5. The van der Waals surface area contributed by atoms with E-state index in [1.165, 1.54) is 19.1 Å². The minimum atomic E-state index is -0.663. The zero-order chi connectivity index (χ0) is 17.6. The van der Waals surface area contributed by atoms with Gasteiger partial charge >= 0.3 is 11.9 Å². The first-order chi connectivity index (χ1) is 10.6. The number of hydrogen-bond acceptors (Lipinski definition) is 7. The lowest BCUT2D eigenvalue weighted by Crippen LogP contribution is -2.27. The SMILES string of the molecule is CC(=O)OCc1cc(O)c(OCC(=O)OC(C)(C)C)c(C=O)c1. The summed E-state index contributed by atoms with van der Waals surface area (Å²) in [5, 5.41) is 9.94. The molecule has 0 spiro atoms. The highest BCUT2D eigenvalue weighted by atomic mass is 16.6. The Morgan fingerprint density at radius 2 is 1.91 bits per heavy atom. The van der Waals surface area contributed by atoms with E-state index in [0.29, 0.717) is 11.8 Å². The first-order valence-electron chi connectivity index (χ1n) is 6.91. The van der Waals surface area contributed by atoms with Crippen molar-refractivity contribution in [2.75, 3.05) is 6.61 Å². The summed E-state index contributed by atoms with van der Waals surface area (Å²) in [6.07, 6.45) is 0.474. The number of carbonyl (C=O) groups excluding carboxylic acids is 3. The number of benzene rings is 1. The summed E-state index contributed by atoms with van der Waals surface area (Å²) in [5.41, 5.74) is -0.204. The summed E-state index contributed by atoms with van der Waals surface area (Å²) < 4.78 is 15.0. The lowest BCUT2D eigenvalue weighted by atomic mass is 10.1. The minimum absolute atomic E-state index is 0.0377. The van der Waals surface area contributed by atoms with Crippen LogP contribution in [0.3, 0.4) is 0 Å². The third-order valence-corrected chi connectivity index (χ3v) is 2.48. The van der Waals surface area contributed by atoms with Crippen LogP contribution in [0, 0.1) is 0 Å². The fourth-order valence-electron chi connectivity index (χ4n) is 1.71. The molecule has 0 saturated carbocycles. The smallest absolute Gasteiger partial charge is 0.344 e. The standard InChI is InChI=1S/C16H20O7/c1-10(18)21-8-11-5-12(7-17)15(13(19)6-11)22-9-14(20)23-16(2,3)4/h5-7,19H,8-9H2,1-4H3. The van der Waals surface area contributed by atoms with E-state index in [1.807, 2.05) is 0 Å². The van der Waals surface area contributed by atoms with Gasteiger partial charge in [-0.2, -0.15) is 0 Å². The molecule has 7 nitrogen and oxygen atoms in total. The molecule has 1 N–H and O–H groups in total. The van der Waals surface area contributed by atoms with Crippen LogP contribution in [0.15, 0.2) is 12.1 Å². The van der Waals surface area contributed by atoms with Crippen LogP contribution in [0.1, 0.15) is 43.6 Å². The zero-order valence-electron chi connectivity index (χ0n) is 13.5. The molecule has 0 unspecified atom stereocenters. The molecule has 0 fully saturated rings. The first kappa shape index (κ1) is 18.5. The van der Waals surface area contributed by atoms with Crippen LogP contribution in [0.5, 0.6) is 11.5 Å². The minimum Gasteiger partial charge on any atom is -0.504 e. The van der Waals surface area contributed by atoms with Gasteiger partial charge in [0.2, 0.25) is 0 Å². The van der Waals surface area contributed by atoms with Gasteiger partial charge in [0, 0.05) is 6.92 Å². The third kappa shape index (κ3) is 6.37. The Morgan fingerprint density at radius 1 is 1.26 bits per heavy atom. The Hall–Kier alpha value is -2.57. The van der Waals surface area contributed by atoms with Crippen molar-refractivity contribution in [2.24, 2.45) is 0 Å². The number of rotatable bonds is 6. The first-order valence-corrected chi connectivity index (χ1v) is 6.91. The quantitative estimate of drug-likeness (QED) is 0.631. The maximum Gasteiger partial charge on any atom is 0.344 e. The molecule has 7 heteroatoms. The molecule has 1 rings (SSSR count). The van der Waals surface area contributed by atoms with Crippen molar-refractivity contribution >= 4 is 18.2 Å². The number of hydrogen-bond donors (Lipinski definition) is 1. The second kappa shape index (κ2) is 7.62. The van der Waals surface area contributed by atoms with Crippen molar-refractivity contribution in [1.82, 2.24) is 0 Å². The monoisotopic (exact) mass is 324 g/mol. The topological polar surface area (TPSA) is 99.1 Å². The van der Waals surface area contributed by atoms with E-state index in [0.717, 1.165) is 0 Å². The molecule has 0 aliphatic rings. The molecule has 0 bridgehead atoms. The predicted molar refractivity (Wildman–Crippen MR) is 80.3 cm³/mol. The number of phenols is 1. The van der Waals surface area contributed by atoms with Gasteiger partial charge in [-0.3, -0.25) is 9.59 Å². The normalized spacial score (nSPS) is 10.8. The molecule has 0 atom stereocenters. The fourth-order valence-corrected chi connectivity index (χ4v) is 1.71. The summed E-state index contributed by atoms with van der Waals surface area (Å²) in [7, 11) is 0. The molecule has 0 aliphatic carbocycles. The van der Waals surface area contributed by atoms with E-state index < -0.39 is 24.1 Å². The number of carbonyl (C=O) groups is 3. The highest BCUT2D eigenvalue weighted by molar-refractivity contribution is 5.82. The van der Waals surface area contributed by atoms with Crippen molar-refractivity contribution in [3.05, 3.63) is 23.3 Å². The Kier molecular flexibility index (Phi) is 6.12. The van der Waals surface area contributed by atoms with Crippen LogP contribution in [0.25, 0.3) is 0 Å². The van der Waals surface area contributed by atoms with E-state index in [1.54, 1.807) is 20.8 Å². The molecular weight excluding hydrogens is 304 g/mol. The van der Waals surface area contributed by atoms with Crippen LogP contribution in [-0.2, 0) is 25.7 Å². The van der Waals surface area contributed by atoms with Crippen LogP contribution in [0.4, 0.5) is 0 Å². The van der Waals surface area contributed by atoms with E-state index in [9.17, 15) is 19.5 Å². The molecule has 0 aliphatic heterocycles. The molecule has 1 aromatic rings. The van der Waals surface area contributed by atoms with E-state index in [-0.39, 0.29) is 23.7 Å². The van der Waals surface area contributed by atoms with Gasteiger partial charge in [-0.15, -0.1) is 0 Å². The van der Waals surface area contributed by atoms with E-state index in [2.05, 4.69) is 0 Å². The molecule has 0 heterocycles. The Labute approximate surface area is 134 Å². The van der Waals surface area contributed by atoms with Crippen LogP contribution >= 0.6 is 0 Å². The third-order valence-electron chi connectivity index (χ3n) is 2.48. The summed E-state index contributed by atoms with van der Waals surface area (Å²) in [5.74, 6) is -1.57. The lowest BCUT2D eigenvalue weighted by Gasteiger charge is -2.20. The number of aromatic hydroxyl groups is 1. The van der Waals surface area contributed by atoms with Crippen LogP contribution in [-0.4, -0.2) is 35.5 Å². The average molecular weight is 324 g/mol. The molecule has 23 heavy (non-hydrogen) atoms. The highest BCUT2D eigenvalue weighted by Crippen LogP contribution is 2.31. The van der Waals surface area contributed by atoms with Gasteiger partial charge in [0.25, 0.3) is 0 Å². The van der Waals surface area contributed by atoms with Crippen molar-refractivity contribution in [3.8, 4) is 11.5 Å². The van der Waals surface area contributed by atoms with Gasteiger partial charge in [0.1, 0.15) is 12.2 Å². The van der Waals surface area contributed by atoms with Gasteiger partial charge in [-0.25, -0.2) is 4.79 Å². The maximum absolute atomic E-state index is 11.6. The highest BCUT2D eigenvalue weighted by Gasteiger charge is 2.19. The predicted octanol–water partition coefficient (Wildman–Crippen LogP) is 1.99. The maximum atomic E-state index is 11.6. The van der Waals surface area contributed by atoms with Crippen LogP contribution in [0.2, 0.25) is 0 Å². The van der Waals surface area contributed by atoms with Crippen LogP contribution < -0.4 is 4.74 Å². The van der Waals surface area contributed by atoms with Crippen molar-refractivity contribution < 1.29 is 33.7 Å². The largest absolute Gasteiger partial charge is 0.504 e. The van der Waals surface area contributed by atoms with Crippen molar-refractivity contribution in [1.29, 1.82) is 0 Å². The van der Waals surface area contributed by atoms with Crippen molar-refractivity contribution in [3.63, 3.8) is 0 Å². The molecule has 0 amide bonds. The van der Waals surface area contributed by atoms with E-state index in [4.69, 9.17) is 14.2 Å². The Bertz CT molecular complexity index is 599. The second-order valence-corrected chi connectivity index (χ2v) is 5.81. The number of aldehydes is 1. The van der Waals surface area contributed by atoms with Gasteiger partial charge in [0.05, 0.1) is 5.56 Å². The van der Waals surface area contributed by atoms with Gasteiger partial charge < -0.3 is 19.3 Å². The lowest BCUT2D eigenvalue weighted by molar-refractivity contribution is -0.157.